The molecule has 15 heavy (non-hydrogen) atoms. The SMILES string of the molecule is CC(CO)c1cc2ccccc2cc1O. The molecular weight excluding hydrogens is 188 g/mol. The highest BCUT2D eigenvalue weighted by Gasteiger charge is 2.10. The summed E-state index contributed by atoms with van der Waals surface area (Å²) in [6.07, 6.45) is 0. The van der Waals surface area contributed by atoms with Crippen LogP contribution in [-0.4, -0.2) is 16.8 Å². The fraction of sp³-hybridized carbons (Fsp3) is 0.231. The number of hydrogen-bond donors (Lipinski definition) is 2. The van der Waals surface area contributed by atoms with E-state index < -0.39 is 0 Å². The minimum atomic E-state index is -0.0328. The molecule has 0 aliphatic heterocycles. The Kier molecular flexibility index (Phi) is 2.60. The van der Waals surface area contributed by atoms with Crippen LogP contribution in [0, 0.1) is 0 Å². The molecule has 2 nitrogen and oxygen atoms in total. The van der Waals surface area contributed by atoms with E-state index in [-0.39, 0.29) is 18.3 Å². The number of phenols is 1. The third-order valence-corrected chi connectivity index (χ3v) is 2.70. The van der Waals surface area contributed by atoms with E-state index in [0.717, 1.165) is 16.3 Å². The first-order valence-corrected chi connectivity index (χ1v) is 5.05. The van der Waals surface area contributed by atoms with Gasteiger partial charge in [-0.05, 0) is 28.5 Å². The Balaban J connectivity index is 2.61. The number of aliphatic hydroxyl groups excluding tert-OH is 1. The maximum Gasteiger partial charge on any atom is 0.119 e. The predicted octanol–water partition coefficient (Wildman–Crippen LogP) is 2.64. The Bertz CT molecular complexity index is 477. The molecule has 0 aliphatic rings. The second-order valence-electron chi connectivity index (χ2n) is 3.84. The van der Waals surface area contributed by atoms with Gasteiger partial charge < -0.3 is 10.2 Å². The number of aromatic hydroxyl groups is 1. The zero-order valence-corrected chi connectivity index (χ0v) is 8.64. The minimum absolute atomic E-state index is 0.0328. The van der Waals surface area contributed by atoms with Gasteiger partial charge in [0.2, 0.25) is 0 Å². The lowest BCUT2D eigenvalue weighted by atomic mass is 9.97. The number of fused-ring (bicyclic) bond motifs is 1. The molecule has 0 heterocycles. The predicted molar refractivity (Wildman–Crippen MR) is 61.1 cm³/mol. The van der Waals surface area contributed by atoms with Crippen LogP contribution in [0.2, 0.25) is 0 Å². The van der Waals surface area contributed by atoms with Gasteiger partial charge in [0, 0.05) is 12.5 Å². The highest BCUT2D eigenvalue weighted by Crippen LogP contribution is 2.30. The first-order valence-electron chi connectivity index (χ1n) is 5.05. The van der Waals surface area contributed by atoms with Gasteiger partial charge in [0.1, 0.15) is 5.75 Å². The molecule has 0 aliphatic carbocycles. The van der Waals surface area contributed by atoms with Crippen molar-refractivity contribution in [2.24, 2.45) is 0 Å². The van der Waals surface area contributed by atoms with Crippen LogP contribution in [0.5, 0.6) is 5.75 Å². The Morgan fingerprint density at radius 1 is 1.13 bits per heavy atom. The van der Waals surface area contributed by atoms with E-state index in [9.17, 15) is 5.11 Å². The Labute approximate surface area is 88.8 Å². The maximum absolute atomic E-state index is 9.80. The van der Waals surface area contributed by atoms with Gasteiger partial charge in [-0.1, -0.05) is 31.2 Å². The molecule has 78 valence electrons. The fourth-order valence-electron chi connectivity index (χ4n) is 1.74. The van der Waals surface area contributed by atoms with Crippen LogP contribution in [0.1, 0.15) is 18.4 Å². The molecule has 0 saturated carbocycles. The van der Waals surface area contributed by atoms with Crippen LogP contribution in [0.3, 0.4) is 0 Å². The summed E-state index contributed by atoms with van der Waals surface area (Å²) in [5, 5.41) is 21.0. The molecule has 0 saturated heterocycles. The lowest BCUT2D eigenvalue weighted by molar-refractivity contribution is 0.270. The first-order chi connectivity index (χ1) is 7.22. The molecule has 1 atom stereocenters. The van der Waals surface area contributed by atoms with E-state index in [1.165, 1.54) is 0 Å². The van der Waals surface area contributed by atoms with Gasteiger partial charge in [-0.2, -0.15) is 0 Å². The number of rotatable bonds is 2. The highest BCUT2D eigenvalue weighted by atomic mass is 16.3. The standard InChI is InChI=1S/C13H14O2/c1-9(8-14)12-6-10-4-2-3-5-11(10)7-13(12)15/h2-7,9,14-15H,8H2,1H3. The van der Waals surface area contributed by atoms with E-state index in [1.807, 2.05) is 37.3 Å². The molecule has 2 aromatic carbocycles. The van der Waals surface area contributed by atoms with Crippen molar-refractivity contribution in [1.82, 2.24) is 0 Å². The topological polar surface area (TPSA) is 40.5 Å². The zero-order chi connectivity index (χ0) is 10.8. The molecule has 0 bridgehead atoms. The first kappa shape index (κ1) is 9.99. The van der Waals surface area contributed by atoms with Crippen molar-refractivity contribution in [1.29, 1.82) is 0 Å². The Morgan fingerprint density at radius 3 is 2.33 bits per heavy atom. The summed E-state index contributed by atoms with van der Waals surface area (Å²) in [4.78, 5) is 0. The summed E-state index contributed by atoms with van der Waals surface area (Å²) in [5.41, 5.74) is 0.802. The monoisotopic (exact) mass is 202 g/mol. The van der Waals surface area contributed by atoms with Gasteiger partial charge >= 0.3 is 0 Å². The average molecular weight is 202 g/mol. The largest absolute Gasteiger partial charge is 0.508 e. The maximum atomic E-state index is 9.80. The van der Waals surface area contributed by atoms with Gasteiger partial charge in [-0.3, -0.25) is 0 Å². The average Bonchev–Trinajstić information content (AvgIpc) is 2.27. The minimum Gasteiger partial charge on any atom is -0.508 e. The van der Waals surface area contributed by atoms with Crippen LogP contribution in [-0.2, 0) is 0 Å². The second-order valence-corrected chi connectivity index (χ2v) is 3.84. The van der Waals surface area contributed by atoms with Gasteiger partial charge in [-0.15, -0.1) is 0 Å². The quantitative estimate of drug-likeness (QED) is 0.786. The van der Waals surface area contributed by atoms with E-state index in [1.54, 1.807) is 6.07 Å². The molecule has 2 rings (SSSR count). The van der Waals surface area contributed by atoms with Crippen molar-refractivity contribution in [3.05, 3.63) is 42.0 Å². The second kappa shape index (κ2) is 3.91. The van der Waals surface area contributed by atoms with E-state index in [4.69, 9.17) is 5.11 Å². The number of benzene rings is 2. The highest BCUT2D eigenvalue weighted by molar-refractivity contribution is 5.85. The summed E-state index contributed by atoms with van der Waals surface area (Å²) in [6.45, 7) is 1.94. The lowest BCUT2D eigenvalue weighted by Gasteiger charge is -2.11. The summed E-state index contributed by atoms with van der Waals surface area (Å²) >= 11 is 0. The van der Waals surface area contributed by atoms with Gasteiger partial charge in [-0.25, -0.2) is 0 Å². The van der Waals surface area contributed by atoms with Crippen LogP contribution >= 0.6 is 0 Å². The fourth-order valence-corrected chi connectivity index (χ4v) is 1.74. The molecule has 2 N–H and O–H groups in total. The van der Waals surface area contributed by atoms with Crippen molar-refractivity contribution in [2.75, 3.05) is 6.61 Å². The molecule has 2 heteroatoms. The molecule has 1 unspecified atom stereocenters. The van der Waals surface area contributed by atoms with Crippen LogP contribution in [0.25, 0.3) is 10.8 Å². The molecule has 2 aromatic rings. The van der Waals surface area contributed by atoms with Crippen molar-refractivity contribution >= 4 is 10.8 Å². The third kappa shape index (κ3) is 1.81. The molecule has 0 radical (unpaired) electrons. The molecule has 0 fully saturated rings. The van der Waals surface area contributed by atoms with Crippen molar-refractivity contribution in [3.63, 3.8) is 0 Å². The number of aliphatic hydroxyl groups is 1. The summed E-state index contributed by atoms with van der Waals surface area (Å²) in [5.74, 6) is 0.227. The van der Waals surface area contributed by atoms with Crippen molar-refractivity contribution in [3.8, 4) is 5.75 Å². The summed E-state index contributed by atoms with van der Waals surface area (Å²) < 4.78 is 0. The smallest absolute Gasteiger partial charge is 0.119 e. The van der Waals surface area contributed by atoms with Gasteiger partial charge in [0.15, 0.2) is 0 Å². The van der Waals surface area contributed by atoms with Crippen LogP contribution < -0.4 is 0 Å². The molecule has 0 spiro atoms. The van der Waals surface area contributed by atoms with Crippen LogP contribution in [0.15, 0.2) is 36.4 Å². The summed E-state index contributed by atoms with van der Waals surface area (Å²) in [7, 11) is 0. The lowest BCUT2D eigenvalue weighted by Crippen LogP contribution is -1.99. The van der Waals surface area contributed by atoms with Crippen molar-refractivity contribution < 1.29 is 10.2 Å². The Hall–Kier alpha value is -1.54. The van der Waals surface area contributed by atoms with Gasteiger partial charge in [0.25, 0.3) is 0 Å². The molecule has 0 aromatic heterocycles. The van der Waals surface area contributed by atoms with E-state index in [0.29, 0.717) is 0 Å². The third-order valence-electron chi connectivity index (χ3n) is 2.70. The normalized spacial score (nSPS) is 12.9. The van der Waals surface area contributed by atoms with E-state index in [2.05, 4.69) is 0 Å². The number of hydrogen-bond acceptors (Lipinski definition) is 2. The Morgan fingerprint density at radius 2 is 1.73 bits per heavy atom. The molecular formula is C13H14O2. The summed E-state index contributed by atoms with van der Waals surface area (Å²) in [6, 6.07) is 11.6. The van der Waals surface area contributed by atoms with E-state index >= 15 is 0 Å². The van der Waals surface area contributed by atoms with Gasteiger partial charge in [0.05, 0.1) is 0 Å². The van der Waals surface area contributed by atoms with Crippen molar-refractivity contribution in [2.45, 2.75) is 12.8 Å². The number of phenolic OH excluding ortho intramolecular Hbond substituents is 1. The van der Waals surface area contributed by atoms with Crippen LogP contribution in [0.4, 0.5) is 0 Å². The zero-order valence-electron chi connectivity index (χ0n) is 8.64. The molecule has 0 amide bonds.